The van der Waals surface area contributed by atoms with Gasteiger partial charge in [0.2, 0.25) is 10.0 Å². The second-order valence-corrected chi connectivity index (χ2v) is 9.79. The van der Waals surface area contributed by atoms with Crippen molar-refractivity contribution < 1.29 is 27.5 Å². The maximum Gasteiger partial charge on any atom is 0.338 e. The molecule has 1 N–H and O–H groups in total. The smallest absolute Gasteiger partial charge is 0.338 e. The van der Waals surface area contributed by atoms with Crippen molar-refractivity contribution in [1.29, 1.82) is 0 Å². The highest BCUT2D eigenvalue weighted by molar-refractivity contribution is 7.92. The van der Waals surface area contributed by atoms with Crippen molar-refractivity contribution >= 4 is 33.3 Å². The SMILES string of the molecule is CCOC(=O)c1ccc(NC(=O)COc2ccc(N(Cc3ccc(C)cc3)S(C)(=O)=O)cc2)cc1. The Morgan fingerprint density at radius 1 is 0.914 bits per heavy atom. The summed E-state index contributed by atoms with van der Waals surface area (Å²) in [6.45, 7) is 3.95. The van der Waals surface area contributed by atoms with Crippen LogP contribution in [0.3, 0.4) is 0 Å². The van der Waals surface area contributed by atoms with Gasteiger partial charge in [-0.1, -0.05) is 29.8 Å². The van der Waals surface area contributed by atoms with E-state index in [2.05, 4.69) is 5.32 Å². The lowest BCUT2D eigenvalue weighted by molar-refractivity contribution is -0.118. The molecule has 3 aromatic carbocycles. The van der Waals surface area contributed by atoms with Crippen LogP contribution in [0.5, 0.6) is 5.75 Å². The molecule has 0 aromatic heterocycles. The first-order valence-corrected chi connectivity index (χ1v) is 12.8. The van der Waals surface area contributed by atoms with Crippen LogP contribution in [0.1, 0.15) is 28.4 Å². The molecule has 0 bridgehead atoms. The van der Waals surface area contributed by atoms with Crippen LogP contribution in [-0.4, -0.2) is 39.8 Å². The van der Waals surface area contributed by atoms with E-state index < -0.39 is 16.0 Å². The number of rotatable bonds is 10. The first-order valence-electron chi connectivity index (χ1n) is 11.0. The fourth-order valence-corrected chi connectivity index (χ4v) is 4.11. The van der Waals surface area contributed by atoms with Gasteiger partial charge >= 0.3 is 5.97 Å². The van der Waals surface area contributed by atoms with E-state index in [9.17, 15) is 18.0 Å². The van der Waals surface area contributed by atoms with Crippen LogP contribution < -0.4 is 14.4 Å². The number of nitrogens with one attached hydrogen (secondary N) is 1. The standard InChI is InChI=1S/C26H28N2O6S/c1-4-33-26(30)21-9-11-22(12-10-21)27-25(29)18-34-24-15-13-23(14-16-24)28(35(3,31)32)17-20-7-5-19(2)6-8-20/h5-16H,4,17-18H2,1-3H3,(H,27,29). The van der Waals surface area contributed by atoms with Gasteiger partial charge in [-0.15, -0.1) is 0 Å². The third-order valence-electron chi connectivity index (χ3n) is 5.02. The van der Waals surface area contributed by atoms with Crippen molar-refractivity contribution in [3.05, 3.63) is 89.5 Å². The maximum absolute atomic E-state index is 12.4. The zero-order chi connectivity index (χ0) is 25.4. The van der Waals surface area contributed by atoms with Crippen molar-refractivity contribution in [2.75, 3.05) is 29.1 Å². The van der Waals surface area contributed by atoms with Gasteiger partial charge in [0.1, 0.15) is 5.75 Å². The molecule has 0 spiro atoms. The Balaban J connectivity index is 1.58. The summed E-state index contributed by atoms with van der Waals surface area (Å²) in [7, 11) is -3.51. The molecule has 1 amide bonds. The minimum absolute atomic E-state index is 0.205. The Bertz CT molecular complexity index is 1250. The molecule has 0 radical (unpaired) electrons. The van der Waals surface area contributed by atoms with Crippen molar-refractivity contribution in [2.45, 2.75) is 20.4 Å². The second kappa shape index (κ2) is 11.5. The van der Waals surface area contributed by atoms with Gasteiger partial charge in [-0.05, 0) is 67.9 Å². The molecule has 0 heterocycles. The van der Waals surface area contributed by atoms with E-state index in [0.29, 0.717) is 22.7 Å². The number of nitrogens with zero attached hydrogens (tertiary/aromatic N) is 1. The zero-order valence-corrected chi connectivity index (χ0v) is 20.7. The molecule has 0 aliphatic heterocycles. The van der Waals surface area contributed by atoms with Crippen molar-refractivity contribution in [2.24, 2.45) is 0 Å². The molecule has 3 aromatic rings. The molecule has 8 nitrogen and oxygen atoms in total. The number of sulfonamides is 1. The molecule has 0 unspecified atom stereocenters. The summed E-state index contributed by atoms with van der Waals surface area (Å²) in [6, 6.07) is 20.5. The summed E-state index contributed by atoms with van der Waals surface area (Å²) < 4.78 is 36.5. The Kier molecular flexibility index (Phi) is 8.48. The molecule has 0 atom stereocenters. The van der Waals surface area contributed by atoms with Crippen LogP contribution in [0, 0.1) is 6.92 Å². The Labute approximate surface area is 205 Å². The van der Waals surface area contributed by atoms with E-state index >= 15 is 0 Å². The Hall–Kier alpha value is -3.85. The largest absolute Gasteiger partial charge is 0.484 e. The van der Waals surface area contributed by atoms with Crippen LogP contribution in [0.15, 0.2) is 72.8 Å². The number of aryl methyl sites for hydroxylation is 1. The monoisotopic (exact) mass is 496 g/mol. The number of esters is 1. The van der Waals surface area contributed by atoms with Crippen LogP contribution in [0.2, 0.25) is 0 Å². The van der Waals surface area contributed by atoms with Crippen LogP contribution in [0.4, 0.5) is 11.4 Å². The van der Waals surface area contributed by atoms with Gasteiger partial charge in [0.15, 0.2) is 6.61 Å². The molecule has 0 saturated carbocycles. The average Bonchev–Trinajstić information content (AvgIpc) is 2.83. The molecular weight excluding hydrogens is 468 g/mol. The molecule has 3 rings (SSSR count). The lowest BCUT2D eigenvalue weighted by Gasteiger charge is -2.23. The van der Waals surface area contributed by atoms with E-state index in [1.54, 1.807) is 55.5 Å². The van der Waals surface area contributed by atoms with Crippen molar-refractivity contribution in [1.82, 2.24) is 0 Å². The third kappa shape index (κ3) is 7.58. The van der Waals surface area contributed by atoms with Gasteiger partial charge in [0.25, 0.3) is 5.91 Å². The minimum Gasteiger partial charge on any atom is -0.484 e. The highest BCUT2D eigenvalue weighted by Crippen LogP contribution is 2.24. The number of hydrogen-bond donors (Lipinski definition) is 1. The summed E-state index contributed by atoms with van der Waals surface area (Å²) in [5, 5.41) is 2.69. The molecule has 9 heteroatoms. The summed E-state index contributed by atoms with van der Waals surface area (Å²) in [6.07, 6.45) is 1.16. The summed E-state index contributed by atoms with van der Waals surface area (Å²) >= 11 is 0. The predicted molar refractivity (Wildman–Crippen MR) is 135 cm³/mol. The number of hydrogen-bond acceptors (Lipinski definition) is 6. The van der Waals surface area contributed by atoms with E-state index in [4.69, 9.17) is 9.47 Å². The van der Waals surface area contributed by atoms with Crippen molar-refractivity contribution in [3.63, 3.8) is 0 Å². The number of anilines is 2. The topological polar surface area (TPSA) is 102 Å². The second-order valence-electron chi connectivity index (χ2n) is 7.88. The lowest BCUT2D eigenvalue weighted by atomic mass is 10.1. The number of benzene rings is 3. The average molecular weight is 497 g/mol. The lowest BCUT2D eigenvalue weighted by Crippen LogP contribution is -2.29. The maximum atomic E-state index is 12.4. The molecule has 0 fully saturated rings. The summed E-state index contributed by atoms with van der Waals surface area (Å²) in [5.74, 6) is -0.383. The highest BCUT2D eigenvalue weighted by Gasteiger charge is 2.18. The van der Waals surface area contributed by atoms with Gasteiger partial charge in [-0.2, -0.15) is 0 Å². The number of amides is 1. The van der Waals surface area contributed by atoms with Gasteiger partial charge in [0, 0.05) is 5.69 Å². The van der Waals surface area contributed by atoms with Crippen LogP contribution in [-0.2, 0) is 26.1 Å². The quantitative estimate of drug-likeness (QED) is 0.423. The molecule has 184 valence electrons. The van der Waals surface area contributed by atoms with E-state index in [1.165, 1.54) is 4.31 Å². The van der Waals surface area contributed by atoms with E-state index in [-0.39, 0.29) is 25.7 Å². The molecule has 0 saturated heterocycles. The van der Waals surface area contributed by atoms with E-state index in [1.807, 2.05) is 31.2 Å². The van der Waals surface area contributed by atoms with Gasteiger partial charge in [-0.3, -0.25) is 9.10 Å². The van der Waals surface area contributed by atoms with Gasteiger partial charge in [0.05, 0.1) is 30.7 Å². The Morgan fingerprint density at radius 3 is 2.11 bits per heavy atom. The summed E-state index contributed by atoms with van der Waals surface area (Å²) in [4.78, 5) is 23.9. The molecular formula is C26H28N2O6S. The van der Waals surface area contributed by atoms with Gasteiger partial charge < -0.3 is 14.8 Å². The number of carbonyl (C=O) groups is 2. The number of ether oxygens (including phenoxy) is 2. The first kappa shape index (κ1) is 25.8. The fraction of sp³-hybridized carbons (Fsp3) is 0.231. The highest BCUT2D eigenvalue weighted by atomic mass is 32.2. The predicted octanol–water partition coefficient (Wildman–Crippen LogP) is 4.16. The van der Waals surface area contributed by atoms with E-state index in [0.717, 1.165) is 17.4 Å². The van der Waals surface area contributed by atoms with Crippen LogP contribution >= 0.6 is 0 Å². The minimum atomic E-state index is -3.51. The van der Waals surface area contributed by atoms with Crippen LogP contribution in [0.25, 0.3) is 0 Å². The normalized spacial score (nSPS) is 10.9. The molecule has 35 heavy (non-hydrogen) atoms. The fourth-order valence-electron chi connectivity index (χ4n) is 3.22. The molecule has 0 aliphatic carbocycles. The first-order chi connectivity index (χ1) is 16.7. The number of carbonyl (C=O) groups excluding carboxylic acids is 2. The zero-order valence-electron chi connectivity index (χ0n) is 19.9. The van der Waals surface area contributed by atoms with Gasteiger partial charge in [-0.25, -0.2) is 13.2 Å². The third-order valence-corrected chi connectivity index (χ3v) is 6.16. The van der Waals surface area contributed by atoms with Crippen molar-refractivity contribution in [3.8, 4) is 5.75 Å². The molecule has 0 aliphatic rings. The Morgan fingerprint density at radius 2 is 1.54 bits per heavy atom. The summed E-state index contributed by atoms with van der Waals surface area (Å²) in [5.41, 5.74) is 3.37.